The van der Waals surface area contributed by atoms with Crippen LogP contribution in [0.5, 0.6) is 0 Å². The summed E-state index contributed by atoms with van der Waals surface area (Å²) in [5.74, 6) is 0. The third-order valence-corrected chi connectivity index (χ3v) is 18.4. The minimum Gasteiger partial charge on any atom is -0.444 e. The number of hydrogen-bond donors (Lipinski definition) is 3. The van der Waals surface area contributed by atoms with Gasteiger partial charge < -0.3 is 49.2 Å². The molecular weight excluding hydrogens is 1320 g/mol. The van der Waals surface area contributed by atoms with E-state index < -0.39 is 60.1 Å². The Balaban J connectivity index is 0.00000121. The fourth-order valence-electron chi connectivity index (χ4n) is 9.22. The molecule has 28 heteroatoms. The number of ether oxygens (including phenoxy) is 4. The second-order valence-corrected chi connectivity index (χ2v) is 36.9. The number of nitrogens with zero attached hydrogens (tertiary/aromatic N) is 8. The second-order valence-electron chi connectivity index (χ2n) is 31.2. The smallest absolute Gasteiger partial charge is 0.444 e. The van der Waals surface area contributed by atoms with Crippen LogP contribution >= 0.6 is 13.5 Å². The molecule has 4 saturated heterocycles. The molecule has 7 heterocycles. The molecule has 0 saturated carbocycles. The zero-order valence-corrected chi connectivity index (χ0v) is 67.1. The molecule has 0 aliphatic carbocycles. The van der Waals surface area contributed by atoms with E-state index in [1.54, 1.807) is 39.4 Å². The first-order chi connectivity index (χ1) is 43.9. The van der Waals surface area contributed by atoms with Gasteiger partial charge in [-0.05, 0) is 234 Å². The maximum atomic E-state index is 12.8. The van der Waals surface area contributed by atoms with E-state index in [9.17, 15) is 36.6 Å². The minimum atomic E-state index is -1.29. The molecule has 552 valence electrons. The van der Waals surface area contributed by atoms with Crippen LogP contribution in [-0.4, -0.2) is 171 Å². The number of hydrogen-bond acceptors (Lipinski definition) is 16. The van der Waals surface area contributed by atoms with Gasteiger partial charge in [-0.3, -0.25) is 20.0 Å². The Morgan fingerprint density at radius 2 is 0.918 bits per heavy atom. The number of nitrogens with one attached hydrogen (secondary N) is 1. The number of aldehydes is 1. The van der Waals surface area contributed by atoms with Crippen LogP contribution in [0.2, 0.25) is 0 Å². The summed E-state index contributed by atoms with van der Waals surface area (Å²) in [5, 5.41) is 5.04. The molecule has 0 bridgehead atoms. The van der Waals surface area contributed by atoms with Crippen molar-refractivity contribution < 1.29 is 74.4 Å². The van der Waals surface area contributed by atoms with Crippen LogP contribution in [0.1, 0.15) is 237 Å². The van der Waals surface area contributed by atoms with E-state index in [0.29, 0.717) is 26.2 Å². The van der Waals surface area contributed by atoms with Gasteiger partial charge in [-0.1, -0.05) is 31.5 Å². The van der Waals surface area contributed by atoms with Gasteiger partial charge in [0.2, 0.25) is 0 Å². The number of nitrogens with two attached hydrogens (primary N) is 2. The SMILES string of the molecule is CC(C)(C)OC(=O)N1CCC[C@@H]1C=N[S@@](=O)C(C)(C)C.CC(C)(C)OC(=O)N1CCC[C@@H]1C=O.CC(C)(C)[S@@](N)=O.Cc1cc[c-]nc1.Cc1ccc(C(N)[C@H]2CCCN2C(=O)OC(C)(C)C)nc1.Cc1ccc(C(N[S@@](=O)C(C)(C)C)[C@H]2CCCN2C(=O)OC(C)(C)C)nc1.S.[Li+]. The van der Waals surface area contributed by atoms with E-state index >= 15 is 0 Å². The first kappa shape index (κ1) is 93.1. The number of aromatic nitrogens is 3. The number of rotatable bonds is 9. The van der Waals surface area contributed by atoms with Gasteiger partial charge in [0.25, 0.3) is 0 Å². The molecule has 4 aliphatic heterocycles. The fraction of sp³-hybridized carbons (Fsp3) is 0.700. The molecule has 9 atom stereocenters. The first-order valence-electron chi connectivity index (χ1n) is 33.1. The molecule has 0 aromatic carbocycles. The number of likely N-dealkylation sites (tertiary alicyclic amines) is 4. The molecule has 5 N–H and O–H groups in total. The fourth-order valence-corrected chi connectivity index (χ4v) is 10.6. The quantitative estimate of drug-likeness (QED) is 0.0590. The van der Waals surface area contributed by atoms with Crippen molar-refractivity contribution in [2.75, 3.05) is 26.2 Å². The molecule has 2 unspecified atom stereocenters. The molecule has 3 aromatic rings. The van der Waals surface area contributed by atoms with E-state index in [0.717, 1.165) is 80.2 Å². The summed E-state index contributed by atoms with van der Waals surface area (Å²) in [5.41, 5.74) is 9.24. The molecule has 0 spiro atoms. The van der Waals surface area contributed by atoms with E-state index in [1.165, 1.54) is 10.5 Å². The van der Waals surface area contributed by atoms with E-state index in [4.69, 9.17) is 29.8 Å². The number of aryl methyl sites for hydroxylation is 3. The summed E-state index contributed by atoms with van der Waals surface area (Å²) in [7, 11) is -3.76. The molecule has 4 aliphatic rings. The van der Waals surface area contributed by atoms with Crippen LogP contribution in [0.15, 0.2) is 59.4 Å². The average molecular weight is 1440 g/mol. The summed E-state index contributed by atoms with van der Waals surface area (Å²) < 4.78 is 63.0. The van der Waals surface area contributed by atoms with Gasteiger partial charge in [-0.2, -0.15) is 30.0 Å². The van der Waals surface area contributed by atoms with Gasteiger partial charge in [0.05, 0.1) is 83.9 Å². The van der Waals surface area contributed by atoms with Crippen molar-refractivity contribution in [3.05, 3.63) is 89.3 Å². The van der Waals surface area contributed by atoms with E-state index in [2.05, 4.69) is 30.3 Å². The Labute approximate surface area is 614 Å². The normalized spacial score (nSPS) is 19.5. The van der Waals surface area contributed by atoms with Crippen LogP contribution in [0, 0.1) is 27.0 Å². The number of carbonyl (C=O) groups is 5. The van der Waals surface area contributed by atoms with Crippen LogP contribution in [0.3, 0.4) is 0 Å². The van der Waals surface area contributed by atoms with Crippen LogP contribution in [0.4, 0.5) is 19.2 Å². The number of pyridine rings is 3. The van der Waals surface area contributed by atoms with Crippen LogP contribution < -0.4 is 34.5 Å². The third-order valence-electron chi connectivity index (χ3n) is 14.2. The summed E-state index contributed by atoms with van der Waals surface area (Å²) in [6, 6.07) is 10.4. The zero-order valence-electron chi connectivity index (χ0n) is 63.7. The van der Waals surface area contributed by atoms with Crippen molar-refractivity contribution in [2.24, 2.45) is 15.3 Å². The summed E-state index contributed by atoms with van der Waals surface area (Å²) in [6.07, 6.45) is 16.1. The maximum absolute atomic E-state index is 12.8. The van der Waals surface area contributed by atoms with Crippen LogP contribution in [0.25, 0.3) is 0 Å². The Kier molecular flexibility index (Phi) is 39.3. The van der Waals surface area contributed by atoms with Crippen LogP contribution in [-0.2, 0) is 56.7 Å². The van der Waals surface area contributed by atoms with Gasteiger partial charge >= 0.3 is 43.2 Å². The van der Waals surface area contributed by atoms with E-state index in [1.807, 2.05) is 203 Å². The Bertz CT molecular complexity index is 3010. The Morgan fingerprint density at radius 1 is 0.551 bits per heavy atom. The third kappa shape index (κ3) is 35.6. The van der Waals surface area contributed by atoms with Crippen molar-refractivity contribution in [3.8, 4) is 0 Å². The maximum Gasteiger partial charge on any atom is 1.00 e. The summed E-state index contributed by atoms with van der Waals surface area (Å²) in [4.78, 5) is 78.7. The number of carbonyl (C=O) groups excluding carboxylic acids is 5. The van der Waals surface area contributed by atoms with Gasteiger partial charge in [0, 0.05) is 44.8 Å². The predicted molar refractivity (Wildman–Crippen MR) is 395 cm³/mol. The first-order valence-corrected chi connectivity index (χ1v) is 36.5. The average Bonchev–Trinajstić information content (AvgIpc) is 1.57. The molecule has 4 amide bonds. The van der Waals surface area contributed by atoms with Crippen molar-refractivity contribution in [1.29, 1.82) is 0 Å². The molecule has 23 nitrogen and oxygen atoms in total. The molecule has 7 rings (SSSR count). The minimum absolute atomic E-state index is 0. The van der Waals surface area contributed by atoms with Gasteiger partial charge in [0.1, 0.15) is 39.7 Å². The molecule has 3 aromatic heterocycles. The monoisotopic (exact) mass is 1440 g/mol. The number of amides is 4. The predicted octanol–water partition coefficient (Wildman–Crippen LogP) is 9.89. The molecule has 4 fully saturated rings. The van der Waals surface area contributed by atoms with Gasteiger partial charge in [0.15, 0.2) is 0 Å². The zero-order chi connectivity index (χ0) is 73.5. The second kappa shape index (κ2) is 41.3. The standard InChI is InChI=1S/C20H33N3O3S.C16H25N3O2.C14H26N2O3S.C10H17NO3.C6H6N.C4H11NOS.Li.H2S/c1-14-10-11-15(21-13-14)17(22-27(25)20(5,6)7)16-9-8-12-23(16)18(24)26-19(2,3)4;1-11-7-8-12(18-10-11)14(17)13-6-5-9-19(13)15(20)21-16(2,3)4;1-13(2,3)19-12(17)16-9-7-8-11(16)10-15-20(18)14(4,5)6;1-10(2,3)14-9(13)11-6-4-5-8(11)7-12;1-6-3-2-4-7-5-6;1-4(2,3)7(5)6;;/h10-11,13,16-17,22H,8-9,12H2,1-7H3;7-8,10,13-14H,5-6,9,17H2,1-4H3;10-11H,7-9H2,1-6H3;7-8H,4-6H2,1-3H3;2-3,5H,1H3;5H2,1-3H3;;1H2/q;;;;-1;;+1;/t16-,17?,27+;13-,14?;11-,20+;8-;;7-;;/m1111.0../s1. The topological polar surface area (TPSA) is 302 Å². The Hall–Kier alpha value is -4.85. The Morgan fingerprint density at radius 3 is 1.27 bits per heavy atom. The van der Waals surface area contributed by atoms with Crippen molar-refractivity contribution >= 4 is 83.3 Å². The van der Waals surface area contributed by atoms with E-state index in [-0.39, 0.29) is 102 Å². The van der Waals surface area contributed by atoms with Gasteiger partial charge in [-0.15, -0.1) is 5.56 Å². The molecule has 98 heavy (non-hydrogen) atoms. The molecule has 0 radical (unpaired) electrons. The summed E-state index contributed by atoms with van der Waals surface area (Å²) in [6.45, 7) is 47.7. The van der Waals surface area contributed by atoms with Crippen molar-refractivity contribution in [1.82, 2.24) is 39.3 Å². The van der Waals surface area contributed by atoms with Crippen molar-refractivity contribution in [2.45, 2.75) is 290 Å². The van der Waals surface area contributed by atoms with Crippen molar-refractivity contribution in [3.63, 3.8) is 0 Å². The summed E-state index contributed by atoms with van der Waals surface area (Å²) >= 11 is 0. The van der Waals surface area contributed by atoms with Gasteiger partial charge in [-0.25, -0.2) is 36.5 Å². The largest absolute Gasteiger partial charge is 1.00 e. The molecular formula is C70H120LiN11O12S4.